The van der Waals surface area contributed by atoms with Gasteiger partial charge in [-0.25, -0.2) is 4.39 Å². The highest BCUT2D eigenvalue weighted by atomic mass is 19.1. The SMILES string of the molecule is Fc1cc(CC2CCCCN2)ccc1OC1CCOCC1. The van der Waals surface area contributed by atoms with Crippen molar-refractivity contribution in [3.05, 3.63) is 29.6 Å². The monoisotopic (exact) mass is 293 g/mol. The summed E-state index contributed by atoms with van der Waals surface area (Å²) in [7, 11) is 0. The molecule has 2 heterocycles. The molecule has 0 aromatic heterocycles. The minimum absolute atomic E-state index is 0.0825. The molecular weight excluding hydrogens is 269 g/mol. The summed E-state index contributed by atoms with van der Waals surface area (Å²) >= 11 is 0. The maximum absolute atomic E-state index is 14.2. The number of rotatable bonds is 4. The molecule has 1 atom stereocenters. The van der Waals surface area contributed by atoms with Crippen LogP contribution in [0.15, 0.2) is 18.2 Å². The lowest BCUT2D eigenvalue weighted by molar-refractivity contribution is 0.0240. The summed E-state index contributed by atoms with van der Waals surface area (Å²) in [6.45, 7) is 2.49. The van der Waals surface area contributed by atoms with Gasteiger partial charge in [0.25, 0.3) is 0 Å². The molecule has 3 rings (SSSR count). The summed E-state index contributed by atoms with van der Waals surface area (Å²) < 4.78 is 25.2. The van der Waals surface area contributed by atoms with Gasteiger partial charge in [-0.15, -0.1) is 0 Å². The Balaban J connectivity index is 1.59. The molecular formula is C17H24FNO2. The lowest BCUT2D eigenvalue weighted by atomic mass is 9.98. The third kappa shape index (κ3) is 4.17. The molecule has 0 bridgehead atoms. The molecule has 1 aromatic carbocycles. The molecule has 116 valence electrons. The van der Waals surface area contributed by atoms with Crippen LogP contribution in [0.4, 0.5) is 4.39 Å². The summed E-state index contributed by atoms with van der Waals surface area (Å²) in [4.78, 5) is 0. The molecule has 2 saturated heterocycles. The Morgan fingerprint density at radius 1 is 1.19 bits per heavy atom. The number of nitrogens with one attached hydrogen (secondary N) is 1. The Bertz CT molecular complexity index is 454. The third-order valence-electron chi connectivity index (χ3n) is 4.35. The van der Waals surface area contributed by atoms with Gasteiger partial charge < -0.3 is 14.8 Å². The lowest BCUT2D eigenvalue weighted by Crippen LogP contribution is -2.35. The maximum Gasteiger partial charge on any atom is 0.165 e. The zero-order chi connectivity index (χ0) is 14.5. The van der Waals surface area contributed by atoms with E-state index in [0.717, 1.165) is 31.4 Å². The van der Waals surface area contributed by atoms with Crippen molar-refractivity contribution < 1.29 is 13.9 Å². The molecule has 0 spiro atoms. The van der Waals surface area contributed by atoms with E-state index >= 15 is 0 Å². The van der Waals surface area contributed by atoms with E-state index in [1.54, 1.807) is 12.1 Å². The normalized spacial score (nSPS) is 24.0. The second kappa shape index (κ2) is 7.23. The van der Waals surface area contributed by atoms with Crippen LogP contribution in [0.1, 0.15) is 37.7 Å². The van der Waals surface area contributed by atoms with E-state index in [0.29, 0.717) is 25.0 Å². The predicted octanol–water partition coefficient (Wildman–Crippen LogP) is 3.07. The topological polar surface area (TPSA) is 30.5 Å². The number of hydrogen-bond donors (Lipinski definition) is 1. The van der Waals surface area contributed by atoms with Crippen LogP contribution in [-0.4, -0.2) is 31.9 Å². The summed E-state index contributed by atoms with van der Waals surface area (Å²) in [5.74, 6) is 0.136. The molecule has 2 aliphatic rings. The highest BCUT2D eigenvalue weighted by Gasteiger charge is 2.18. The van der Waals surface area contributed by atoms with E-state index in [-0.39, 0.29) is 11.9 Å². The van der Waals surface area contributed by atoms with Gasteiger partial charge in [0, 0.05) is 18.9 Å². The fourth-order valence-electron chi connectivity index (χ4n) is 3.12. The largest absolute Gasteiger partial charge is 0.487 e. The van der Waals surface area contributed by atoms with Crippen LogP contribution in [0.5, 0.6) is 5.75 Å². The molecule has 2 aliphatic heterocycles. The van der Waals surface area contributed by atoms with Gasteiger partial charge in [-0.2, -0.15) is 0 Å². The summed E-state index contributed by atoms with van der Waals surface area (Å²) in [6.07, 6.45) is 6.36. The fourth-order valence-corrected chi connectivity index (χ4v) is 3.12. The summed E-state index contributed by atoms with van der Waals surface area (Å²) in [5, 5.41) is 3.50. The van der Waals surface area contributed by atoms with Crippen LogP contribution < -0.4 is 10.1 Å². The van der Waals surface area contributed by atoms with E-state index in [1.807, 2.05) is 6.07 Å². The second-order valence-electron chi connectivity index (χ2n) is 6.05. The van der Waals surface area contributed by atoms with Crippen molar-refractivity contribution in [2.24, 2.45) is 0 Å². The van der Waals surface area contributed by atoms with Crippen LogP contribution >= 0.6 is 0 Å². The zero-order valence-corrected chi connectivity index (χ0v) is 12.4. The van der Waals surface area contributed by atoms with Gasteiger partial charge in [0.15, 0.2) is 11.6 Å². The quantitative estimate of drug-likeness (QED) is 0.925. The molecule has 1 unspecified atom stereocenters. The number of hydrogen-bond acceptors (Lipinski definition) is 3. The highest BCUT2D eigenvalue weighted by Crippen LogP contribution is 2.24. The number of ether oxygens (including phenoxy) is 2. The fraction of sp³-hybridized carbons (Fsp3) is 0.647. The van der Waals surface area contributed by atoms with Gasteiger partial charge in [-0.05, 0) is 43.5 Å². The van der Waals surface area contributed by atoms with E-state index in [1.165, 1.54) is 19.3 Å². The minimum atomic E-state index is -0.241. The minimum Gasteiger partial charge on any atom is -0.487 e. The van der Waals surface area contributed by atoms with E-state index in [9.17, 15) is 4.39 Å². The van der Waals surface area contributed by atoms with Crippen LogP contribution in [0.2, 0.25) is 0 Å². The Morgan fingerprint density at radius 2 is 2.05 bits per heavy atom. The van der Waals surface area contributed by atoms with Crippen molar-refractivity contribution in [1.29, 1.82) is 0 Å². The zero-order valence-electron chi connectivity index (χ0n) is 12.4. The maximum atomic E-state index is 14.2. The molecule has 0 saturated carbocycles. The summed E-state index contributed by atoms with van der Waals surface area (Å²) in [6, 6.07) is 5.89. The van der Waals surface area contributed by atoms with Gasteiger partial charge in [0.2, 0.25) is 0 Å². The van der Waals surface area contributed by atoms with Crippen LogP contribution in [0, 0.1) is 5.82 Å². The Morgan fingerprint density at radius 3 is 2.76 bits per heavy atom. The first-order chi connectivity index (χ1) is 10.3. The Hall–Kier alpha value is -1.13. The Labute approximate surface area is 125 Å². The molecule has 2 fully saturated rings. The van der Waals surface area contributed by atoms with Crippen molar-refractivity contribution in [3.8, 4) is 5.75 Å². The Kier molecular flexibility index (Phi) is 5.09. The first kappa shape index (κ1) is 14.8. The average Bonchev–Trinajstić information content (AvgIpc) is 2.52. The first-order valence-corrected chi connectivity index (χ1v) is 8.07. The van der Waals surface area contributed by atoms with Gasteiger partial charge in [0.05, 0.1) is 13.2 Å². The predicted molar refractivity (Wildman–Crippen MR) is 80.2 cm³/mol. The first-order valence-electron chi connectivity index (χ1n) is 8.07. The van der Waals surface area contributed by atoms with Crippen molar-refractivity contribution in [3.63, 3.8) is 0 Å². The van der Waals surface area contributed by atoms with E-state index < -0.39 is 0 Å². The molecule has 0 aliphatic carbocycles. The molecule has 21 heavy (non-hydrogen) atoms. The van der Waals surface area contributed by atoms with Crippen LogP contribution in [0.25, 0.3) is 0 Å². The summed E-state index contributed by atoms with van der Waals surface area (Å²) in [5.41, 5.74) is 1.05. The van der Waals surface area contributed by atoms with Crippen LogP contribution in [0.3, 0.4) is 0 Å². The molecule has 0 radical (unpaired) electrons. The molecule has 0 amide bonds. The van der Waals surface area contributed by atoms with Crippen molar-refractivity contribution in [1.82, 2.24) is 5.32 Å². The van der Waals surface area contributed by atoms with Gasteiger partial charge in [-0.3, -0.25) is 0 Å². The lowest BCUT2D eigenvalue weighted by Gasteiger charge is -2.25. The average molecular weight is 293 g/mol. The van der Waals surface area contributed by atoms with Gasteiger partial charge >= 0.3 is 0 Å². The number of halogens is 1. The van der Waals surface area contributed by atoms with Gasteiger partial charge in [0.1, 0.15) is 6.10 Å². The van der Waals surface area contributed by atoms with Crippen molar-refractivity contribution in [2.75, 3.05) is 19.8 Å². The highest BCUT2D eigenvalue weighted by molar-refractivity contribution is 5.30. The smallest absolute Gasteiger partial charge is 0.165 e. The second-order valence-corrected chi connectivity index (χ2v) is 6.05. The molecule has 1 aromatic rings. The van der Waals surface area contributed by atoms with Gasteiger partial charge in [-0.1, -0.05) is 12.5 Å². The number of piperidine rings is 1. The standard InChI is InChI=1S/C17H24FNO2/c18-16-12-13(11-14-3-1-2-8-19-14)4-5-17(16)21-15-6-9-20-10-7-15/h4-5,12,14-15,19H,1-3,6-11H2. The molecule has 1 N–H and O–H groups in total. The molecule has 4 heteroatoms. The van der Waals surface area contributed by atoms with Crippen molar-refractivity contribution >= 4 is 0 Å². The molecule has 3 nitrogen and oxygen atoms in total. The van der Waals surface area contributed by atoms with E-state index in [2.05, 4.69) is 5.32 Å². The third-order valence-corrected chi connectivity index (χ3v) is 4.35. The van der Waals surface area contributed by atoms with E-state index in [4.69, 9.17) is 9.47 Å². The number of benzene rings is 1. The van der Waals surface area contributed by atoms with Crippen molar-refractivity contribution in [2.45, 2.75) is 50.7 Å². The van der Waals surface area contributed by atoms with Crippen LogP contribution in [-0.2, 0) is 11.2 Å².